The van der Waals surface area contributed by atoms with Crippen LogP contribution in [0.2, 0.25) is 0 Å². The molecular weight excluding hydrogens is 262 g/mol. The first-order valence-corrected chi connectivity index (χ1v) is 6.85. The molecule has 6 nitrogen and oxygen atoms in total. The van der Waals surface area contributed by atoms with Gasteiger partial charge in [-0.05, 0) is 32.6 Å². The van der Waals surface area contributed by atoms with Crippen LogP contribution in [-0.2, 0) is 19.2 Å². The molecule has 2 aliphatic rings. The predicted molar refractivity (Wildman–Crippen MR) is 69.3 cm³/mol. The number of hydrogen-bond donors (Lipinski definition) is 1. The third-order valence-electron chi connectivity index (χ3n) is 3.96. The molecule has 6 heteroatoms. The minimum atomic E-state index is -0.820. The largest absolute Gasteiger partial charge is 0.481 e. The van der Waals surface area contributed by atoms with Gasteiger partial charge < -0.3 is 5.11 Å². The molecule has 2 atom stereocenters. The van der Waals surface area contributed by atoms with Crippen LogP contribution in [0.5, 0.6) is 0 Å². The van der Waals surface area contributed by atoms with E-state index >= 15 is 0 Å². The summed E-state index contributed by atoms with van der Waals surface area (Å²) in [6, 6.07) is 0. The molecule has 110 valence electrons. The van der Waals surface area contributed by atoms with Crippen molar-refractivity contribution in [3.63, 3.8) is 0 Å². The molecule has 0 aromatic rings. The number of nitrogens with zero attached hydrogens (tertiary/aromatic N) is 1. The Kier molecular flexibility index (Phi) is 4.23. The Morgan fingerprint density at radius 2 is 2.00 bits per heavy atom. The second-order valence-corrected chi connectivity index (χ2v) is 5.60. The molecule has 0 bridgehead atoms. The third-order valence-corrected chi connectivity index (χ3v) is 3.96. The number of carbonyl (C=O) groups excluding carboxylic acids is 2. The molecule has 0 aromatic heterocycles. The van der Waals surface area contributed by atoms with Crippen molar-refractivity contribution in [1.82, 2.24) is 5.06 Å². The number of rotatable bonds is 3. The smallest absolute Gasteiger partial charge is 0.309 e. The minimum absolute atomic E-state index is 0.183. The van der Waals surface area contributed by atoms with E-state index in [9.17, 15) is 19.5 Å². The van der Waals surface area contributed by atoms with E-state index in [0.717, 1.165) is 5.06 Å². The number of imide groups is 1. The van der Waals surface area contributed by atoms with Crippen molar-refractivity contribution in [2.45, 2.75) is 51.6 Å². The van der Waals surface area contributed by atoms with Crippen molar-refractivity contribution in [3.05, 3.63) is 12.2 Å². The van der Waals surface area contributed by atoms with Crippen LogP contribution < -0.4 is 0 Å². The lowest BCUT2D eigenvalue weighted by Crippen LogP contribution is -2.35. The first-order valence-electron chi connectivity index (χ1n) is 6.85. The number of amides is 2. The number of carbonyl (C=O) groups is 3. The summed E-state index contributed by atoms with van der Waals surface area (Å²) in [5.41, 5.74) is -0.786. The normalized spacial score (nSPS) is 31.2. The fraction of sp³-hybridized carbons (Fsp3) is 0.643. The van der Waals surface area contributed by atoms with Crippen LogP contribution in [-0.4, -0.2) is 34.1 Å². The Morgan fingerprint density at radius 3 is 2.60 bits per heavy atom. The first kappa shape index (κ1) is 14.7. The summed E-state index contributed by atoms with van der Waals surface area (Å²) < 4.78 is 0. The molecule has 1 fully saturated rings. The van der Waals surface area contributed by atoms with Crippen molar-refractivity contribution in [2.75, 3.05) is 0 Å². The second kappa shape index (κ2) is 5.75. The number of hydroxylamine groups is 2. The highest BCUT2D eigenvalue weighted by Crippen LogP contribution is 2.33. The molecular formula is C14H19NO5. The monoisotopic (exact) mass is 281 g/mol. The first-order chi connectivity index (χ1) is 9.42. The summed E-state index contributed by atoms with van der Waals surface area (Å²) in [5.74, 6) is -1.47. The average Bonchev–Trinajstić information content (AvgIpc) is 2.69. The molecule has 20 heavy (non-hydrogen) atoms. The Balaban J connectivity index is 2.02. The van der Waals surface area contributed by atoms with E-state index < -0.39 is 17.5 Å². The van der Waals surface area contributed by atoms with Crippen LogP contribution in [0.4, 0.5) is 0 Å². The number of aliphatic carboxylic acids is 1. The zero-order valence-corrected chi connectivity index (χ0v) is 11.5. The Hall–Kier alpha value is -1.69. The highest BCUT2D eigenvalue weighted by Gasteiger charge is 2.36. The summed E-state index contributed by atoms with van der Waals surface area (Å²) >= 11 is 0. The van der Waals surface area contributed by atoms with Crippen molar-refractivity contribution >= 4 is 17.8 Å². The van der Waals surface area contributed by atoms with E-state index in [0.29, 0.717) is 25.7 Å². The molecule has 1 saturated heterocycles. The van der Waals surface area contributed by atoms with Gasteiger partial charge in [0.2, 0.25) is 0 Å². The fourth-order valence-electron chi connectivity index (χ4n) is 2.44. The highest BCUT2D eigenvalue weighted by molar-refractivity contribution is 6.00. The Labute approximate surface area is 117 Å². The van der Waals surface area contributed by atoms with Gasteiger partial charge in [-0.1, -0.05) is 12.2 Å². The van der Waals surface area contributed by atoms with Crippen LogP contribution in [0.3, 0.4) is 0 Å². The second-order valence-electron chi connectivity index (χ2n) is 5.60. The van der Waals surface area contributed by atoms with E-state index in [1.807, 2.05) is 6.08 Å². The molecule has 1 heterocycles. The Morgan fingerprint density at radius 1 is 1.35 bits per heavy atom. The quantitative estimate of drug-likeness (QED) is 0.628. The maximum absolute atomic E-state index is 11.5. The van der Waals surface area contributed by atoms with E-state index in [1.165, 1.54) is 0 Å². The van der Waals surface area contributed by atoms with Crippen LogP contribution >= 0.6 is 0 Å². The zero-order valence-electron chi connectivity index (χ0n) is 11.5. The van der Waals surface area contributed by atoms with Gasteiger partial charge in [0.05, 0.1) is 5.41 Å². The molecule has 1 aliphatic heterocycles. The van der Waals surface area contributed by atoms with Crippen molar-refractivity contribution < 1.29 is 24.3 Å². The molecule has 0 spiro atoms. The van der Waals surface area contributed by atoms with Gasteiger partial charge in [0.15, 0.2) is 0 Å². The molecule has 2 amide bonds. The van der Waals surface area contributed by atoms with Crippen molar-refractivity contribution in [3.8, 4) is 0 Å². The van der Waals surface area contributed by atoms with Crippen LogP contribution in [0.1, 0.15) is 45.4 Å². The summed E-state index contributed by atoms with van der Waals surface area (Å²) in [7, 11) is 0. The predicted octanol–water partition coefficient (Wildman–Crippen LogP) is 1.66. The number of hydrogen-bond acceptors (Lipinski definition) is 4. The van der Waals surface area contributed by atoms with Gasteiger partial charge in [-0.15, -0.1) is 0 Å². The van der Waals surface area contributed by atoms with Gasteiger partial charge in [-0.3, -0.25) is 19.2 Å². The molecule has 1 N–H and O–H groups in total. The van der Waals surface area contributed by atoms with E-state index in [2.05, 4.69) is 0 Å². The van der Waals surface area contributed by atoms with Crippen molar-refractivity contribution in [2.24, 2.45) is 5.41 Å². The van der Waals surface area contributed by atoms with Gasteiger partial charge in [-0.2, -0.15) is 5.06 Å². The van der Waals surface area contributed by atoms with Gasteiger partial charge in [-0.25, -0.2) is 0 Å². The summed E-state index contributed by atoms with van der Waals surface area (Å²) in [4.78, 5) is 39.8. The van der Waals surface area contributed by atoms with E-state index in [-0.39, 0.29) is 24.7 Å². The van der Waals surface area contributed by atoms with Gasteiger partial charge in [0.1, 0.15) is 6.10 Å². The topological polar surface area (TPSA) is 83.9 Å². The van der Waals surface area contributed by atoms with Gasteiger partial charge in [0, 0.05) is 12.8 Å². The highest BCUT2D eigenvalue weighted by atomic mass is 16.7. The lowest BCUT2D eigenvalue weighted by molar-refractivity contribution is -0.198. The Bertz CT molecular complexity index is 442. The standard InChI is InChI=1S/C14H19NO5/c1-14(13(18)19)8-3-2-4-10(7-9-14)20-15-11(16)5-6-12(15)17/h2,4,10H,3,5-9H2,1H3,(H,18,19)/t10-,14+/m0/s1. The van der Waals surface area contributed by atoms with Crippen molar-refractivity contribution in [1.29, 1.82) is 0 Å². The minimum Gasteiger partial charge on any atom is -0.481 e. The maximum Gasteiger partial charge on any atom is 0.309 e. The third kappa shape index (κ3) is 3.07. The number of allylic oxidation sites excluding steroid dienone is 1. The maximum atomic E-state index is 11.5. The fourth-order valence-corrected chi connectivity index (χ4v) is 2.44. The molecule has 0 aromatic carbocycles. The van der Waals surface area contributed by atoms with E-state index in [4.69, 9.17) is 4.84 Å². The molecule has 1 aliphatic carbocycles. The summed E-state index contributed by atoms with van der Waals surface area (Å²) in [6.45, 7) is 1.72. The molecule has 0 radical (unpaired) electrons. The lowest BCUT2D eigenvalue weighted by atomic mass is 9.79. The number of carboxylic acids is 1. The zero-order chi connectivity index (χ0) is 14.8. The summed E-state index contributed by atoms with van der Waals surface area (Å²) in [5, 5.41) is 10.1. The molecule has 0 unspecified atom stereocenters. The average molecular weight is 281 g/mol. The van der Waals surface area contributed by atoms with Crippen LogP contribution in [0.15, 0.2) is 12.2 Å². The lowest BCUT2D eigenvalue weighted by Gasteiger charge is -2.28. The number of carboxylic acid groups (broad SMARTS) is 1. The van der Waals surface area contributed by atoms with Crippen LogP contribution in [0.25, 0.3) is 0 Å². The van der Waals surface area contributed by atoms with Crippen LogP contribution in [0, 0.1) is 5.41 Å². The van der Waals surface area contributed by atoms with Gasteiger partial charge >= 0.3 is 5.97 Å². The molecule has 2 rings (SSSR count). The molecule has 0 saturated carbocycles. The SMILES string of the molecule is C[C@@]1(C(=O)O)CCC=C[C@H](ON2C(=O)CCC2=O)CC1. The van der Waals surface area contributed by atoms with Gasteiger partial charge in [0.25, 0.3) is 11.8 Å². The summed E-state index contributed by atoms with van der Waals surface area (Å²) in [6.07, 6.45) is 5.74. The van der Waals surface area contributed by atoms with E-state index in [1.54, 1.807) is 13.0 Å².